The largest absolute Gasteiger partial charge is 0.370 e. The SMILES string of the molecule is NC(=O)CCCNC(=O)[C@@H]1Cc2ccccc2CN1. The van der Waals surface area contributed by atoms with Gasteiger partial charge in [-0.3, -0.25) is 9.59 Å². The Bertz CT molecular complexity index is 474. The van der Waals surface area contributed by atoms with E-state index in [1.165, 1.54) is 11.1 Å². The Balaban J connectivity index is 1.80. The molecule has 0 aliphatic carbocycles. The van der Waals surface area contributed by atoms with Gasteiger partial charge >= 0.3 is 0 Å². The van der Waals surface area contributed by atoms with Gasteiger partial charge in [-0.2, -0.15) is 0 Å². The van der Waals surface area contributed by atoms with Gasteiger partial charge in [-0.05, 0) is 24.0 Å². The van der Waals surface area contributed by atoms with Gasteiger partial charge in [0.2, 0.25) is 11.8 Å². The van der Waals surface area contributed by atoms with Crippen LogP contribution < -0.4 is 16.4 Å². The van der Waals surface area contributed by atoms with E-state index in [0.29, 0.717) is 25.8 Å². The lowest BCUT2D eigenvalue weighted by Crippen LogP contribution is -2.47. The maximum Gasteiger partial charge on any atom is 0.237 e. The van der Waals surface area contributed by atoms with Crippen molar-refractivity contribution in [3.63, 3.8) is 0 Å². The number of rotatable bonds is 5. The highest BCUT2D eigenvalue weighted by Gasteiger charge is 2.23. The number of hydrogen-bond acceptors (Lipinski definition) is 3. The molecule has 0 spiro atoms. The Kier molecular flexibility index (Phi) is 4.52. The molecule has 2 rings (SSSR count). The molecule has 0 saturated carbocycles. The molecule has 0 fully saturated rings. The predicted molar refractivity (Wildman–Crippen MR) is 72.2 cm³/mol. The molecule has 1 heterocycles. The Hall–Kier alpha value is -1.88. The molecule has 0 radical (unpaired) electrons. The van der Waals surface area contributed by atoms with Crippen molar-refractivity contribution in [1.29, 1.82) is 0 Å². The van der Waals surface area contributed by atoms with Crippen molar-refractivity contribution >= 4 is 11.8 Å². The van der Waals surface area contributed by atoms with Crippen LogP contribution in [0.25, 0.3) is 0 Å². The van der Waals surface area contributed by atoms with E-state index in [4.69, 9.17) is 5.73 Å². The first-order chi connectivity index (χ1) is 9.16. The fourth-order valence-electron chi connectivity index (χ4n) is 2.24. The normalized spacial score (nSPS) is 17.6. The smallest absolute Gasteiger partial charge is 0.237 e. The van der Waals surface area contributed by atoms with Crippen LogP contribution in [0, 0.1) is 0 Å². The summed E-state index contributed by atoms with van der Waals surface area (Å²) >= 11 is 0. The summed E-state index contributed by atoms with van der Waals surface area (Å²) in [4.78, 5) is 22.5. The molecule has 102 valence electrons. The summed E-state index contributed by atoms with van der Waals surface area (Å²) in [6, 6.07) is 7.94. The quantitative estimate of drug-likeness (QED) is 0.656. The van der Waals surface area contributed by atoms with Crippen molar-refractivity contribution in [2.75, 3.05) is 6.54 Å². The molecule has 0 saturated heterocycles. The number of nitrogens with one attached hydrogen (secondary N) is 2. The molecule has 5 heteroatoms. The van der Waals surface area contributed by atoms with Gasteiger partial charge in [0.25, 0.3) is 0 Å². The molecule has 1 atom stereocenters. The first-order valence-corrected chi connectivity index (χ1v) is 6.53. The summed E-state index contributed by atoms with van der Waals surface area (Å²) in [5, 5.41) is 6.05. The summed E-state index contributed by atoms with van der Waals surface area (Å²) in [6.45, 7) is 1.21. The maximum atomic E-state index is 12.0. The van der Waals surface area contributed by atoms with Crippen LogP contribution in [0.15, 0.2) is 24.3 Å². The van der Waals surface area contributed by atoms with Crippen molar-refractivity contribution < 1.29 is 9.59 Å². The van der Waals surface area contributed by atoms with Crippen molar-refractivity contribution in [2.24, 2.45) is 5.73 Å². The zero-order chi connectivity index (χ0) is 13.7. The topological polar surface area (TPSA) is 84.2 Å². The molecule has 2 amide bonds. The van der Waals surface area contributed by atoms with Gasteiger partial charge in [0, 0.05) is 19.5 Å². The Morgan fingerprint density at radius 3 is 2.79 bits per heavy atom. The van der Waals surface area contributed by atoms with Gasteiger partial charge in [0.15, 0.2) is 0 Å². The second kappa shape index (κ2) is 6.33. The number of hydrogen-bond donors (Lipinski definition) is 3. The molecule has 0 aromatic heterocycles. The van der Waals surface area contributed by atoms with E-state index < -0.39 is 0 Å². The highest BCUT2D eigenvalue weighted by molar-refractivity contribution is 5.82. The third-order valence-corrected chi connectivity index (χ3v) is 3.30. The van der Waals surface area contributed by atoms with E-state index in [2.05, 4.69) is 22.8 Å². The number of carbonyl (C=O) groups is 2. The summed E-state index contributed by atoms with van der Waals surface area (Å²) < 4.78 is 0. The Morgan fingerprint density at radius 1 is 1.32 bits per heavy atom. The lowest BCUT2D eigenvalue weighted by Gasteiger charge is -2.25. The average molecular weight is 261 g/mol. The first-order valence-electron chi connectivity index (χ1n) is 6.53. The van der Waals surface area contributed by atoms with Gasteiger partial charge < -0.3 is 16.4 Å². The van der Waals surface area contributed by atoms with Crippen molar-refractivity contribution in [1.82, 2.24) is 10.6 Å². The monoisotopic (exact) mass is 261 g/mol. The lowest BCUT2D eigenvalue weighted by atomic mass is 9.95. The van der Waals surface area contributed by atoms with E-state index in [9.17, 15) is 9.59 Å². The minimum Gasteiger partial charge on any atom is -0.370 e. The molecule has 1 aromatic rings. The van der Waals surface area contributed by atoms with Gasteiger partial charge in [0.05, 0.1) is 6.04 Å². The molecule has 1 aliphatic heterocycles. The molecule has 1 aromatic carbocycles. The molecule has 5 nitrogen and oxygen atoms in total. The number of amides is 2. The van der Waals surface area contributed by atoms with Gasteiger partial charge in [-0.15, -0.1) is 0 Å². The van der Waals surface area contributed by atoms with Crippen LogP contribution >= 0.6 is 0 Å². The molecule has 4 N–H and O–H groups in total. The zero-order valence-electron chi connectivity index (χ0n) is 10.8. The zero-order valence-corrected chi connectivity index (χ0v) is 10.8. The van der Waals surface area contributed by atoms with E-state index >= 15 is 0 Å². The average Bonchev–Trinajstić information content (AvgIpc) is 2.42. The van der Waals surface area contributed by atoms with Crippen LogP contribution in [0.4, 0.5) is 0 Å². The minimum absolute atomic E-state index is 0.0148. The molecular formula is C14H19N3O2. The van der Waals surface area contributed by atoms with Crippen LogP contribution in [0.3, 0.4) is 0 Å². The van der Waals surface area contributed by atoms with Gasteiger partial charge in [-0.25, -0.2) is 0 Å². The summed E-state index contributed by atoms with van der Waals surface area (Å²) in [7, 11) is 0. The van der Waals surface area contributed by atoms with E-state index in [0.717, 1.165) is 6.54 Å². The van der Waals surface area contributed by atoms with Crippen LogP contribution in [0.2, 0.25) is 0 Å². The van der Waals surface area contributed by atoms with Crippen molar-refractivity contribution in [2.45, 2.75) is 31.8 Å². The maximum absolute atomic E-state index is 12.0. The Morgan fingerprint density at radius 2 is 2.05 bits per heavy atom. The lowest BCUT2D eigenvalue weighted by molar-refractivity contribution is -0.123. The molecule has 0 bridgehead atoms. The van der Waals surface area contributed by atoms with E-state index in [1.54, 1.807) is 0 Å². The third kappa shape index (κ3) is 3.79. The van der Waals surface area contributed by atoms with E-state index in [-0.39, 0.29) is 17.9 Å². The highest BCUT2D eigenvalue weighted by Crippen LogP contribution is 2.16. The summed E-state index contributed by atoms with van der Waals surface area (Å²) in [5.74, 6) is -0.349. The second-order valence-corrected chi connectivity index (χ2v) is 4.77. The van der Waals surface area contributed by atoms with Crippen LogP contribution in [-0.4, -0.2) is 24.4 Å². The van der Waals surface area contributed by atoms with Crippen LogP contribution in [0.5, 0.6) is 0 Å². The number of benzene rings is 1. The standard InChI is InChI=1S/C14H19N3O2/c15-13(18)6-3-7-16-14(19)12-8-10-4-1-2-5-11(10)9-17-12/h1-2,4-5,12,17H,3,6-9H2,(H2,15,18)(H,16,19)/t12-/m0/s1. The number of primary amides is 1. The molecule has 0 unspecified atom stereocenters. The molecule has 1 aliphatic rings. The van der Waals surface area contributed by atoms with Crippen molar-refractivity contribution in [3.05, 3.63) is 35.4 Å². The van der Waals surface area contributed by atoms with Gasteiger partial charge in [-0.1, -0.05) is 24.3 Å². The number of fused-ring (bicyclic) bond motifs is 1. The number of carbonyl (C=O) groups excluding carboxylic acids is 2. The summed E-state index contributed by atoms with van der Waals surface area (Å²) in [6.07, 6.45) is 1.60. The second-order valence-electron chi connectivity index (χ2n) is 4.77. The highest BCUT2D eigenvalue weighted by atomic mass is 16.2. The van der Waals surface area contributed by atoms with E-state index in [1.807, 2.05) is 12.1 Å². The third-order valence-electron chi connectivity index (χ3n) is 3.30. The van der Waals surface area contributed by atoms with Crippen molar-refractivity contribution in [3.8, 4) is 0 Å². The predicted octanol–water partition coefficient (Wildman–Crippen LogP) is 0.0826. The minimum atomic E-state index is -0.334. The number of nitrogens with two attached hydrogens (primary N) is 1. The first kappa shape index (κ1) is 13.5. The van der Waals surface area contributed by atoms with Gasteiger partial charge in [0.1, 0.15) is 0 Å². The molecule has 19 heavy (non-hydrogen) atoms. The Labute approximate surface area is 112 Å². The van der Waals surface area contributed by atoms with Crippen LogP contribution in [0.1, 0.15) is 24.0 Å². The fourth-order valence-corrected chi connectivity index (χ4v) is 2.24. The molecular weight excluding hydrogens is 242 g/mol. The van der Waals surface area contributed by atoms with Crippen LogP contribution in [-0.2, 0) is 22.6 Å². The fraction of sp³-hybridized carbons (Fsp3) is 0.429. The summed E-state index contributed by atoms with van der Waals surface area (Å²) in [5.41, 5.74) is 7.51.